The Morgan fingerprint density at radius 2 is 2.03 bits per heavy atom. The molecular weight excluding hydrogens is 519 g/mol. The molecule has 0 radical (unpaired) electrons. The SMILES string of the molecule is COC(=O)NCC(OCC1CCCN(C(=O)NCC(CN)CC2CCCOC2)C1)c1cccc(Cl)c1.Cl. The zero-order valence-corrected chi connectivity index (χ0v) is 23.2. The molecule has 2 heterocycles. The molecule has 2 saturated heterocycles. The quantitative estimate of drug-likeness (QED) is 0.377. The van der Waals surface area contributed by atoms with Crippen LogP contribution in [0.2, 0.25) is 5.02 Å². The smallest absolute Gasteiger partial charge is 0.406 e. The van der Waals surface area contributed by atoms with Crippen LogP contribution < -0.4 is 16.4 Å². The molecule has 4 atom stereocenters. The van der Waals surface area contributed by atoms with Crippen molar-refractivity contribution in [3.05, 3.63) is 34.9 Å². The van der Waals surface area contributed by atoms with Crippen molar-refractivity contribution in [1.82, 2.24) is 15.5 Å². The summed E-state index contributed by atoms with van der Waals surface area (Å²) in [6, 6.07) is 7.36. The Bertz CT molecular complexity index is 828. The summed E-state index contributed by atoms with van der Waals surface area (Å²) in [6.07, 6.45) is 4.26. The molecule has 3 rings (SSSR count). The maximum Gasteiger partial charge on any atom is 0.406 e. The van der Waals surface area contributed by atoms with E-state index < -0.39 is 6.09 Å². The molecule has 1 aromatic rings. The Morgan fingerprint density at radius 3 is 2.73 bits per heavy atom. The van der Waals surface area contributed by atoms with Gasteiger partial charge >= 0.3 is 12.1 Å². The molecule has 1 aromatic carbocycles. The Labute approximate surface area is 231 Å². The molecule has 0 aromatic heterocycles. The van der Waals surface area contributed by atoms with Crippen molar-refractivity contribution < 1.29 is 23.8 Å². The second-order valence-corrected chi connectivity index (χ2v) is 10.2. The first kappa shape index (κ1) is 31.4. The second-order valence-electron chi connectivity index (χ2n) is 9.81. The number of ether oxygens (including phenoxy) is 3. The lowest BCUT2D eigenvalue weighted by Gasteiger charge is -2.34. The molecule has 3 amide bonds. The number of urea groups is 1. The summed E-state index contributed by atoms with van der Waals surface area (Å²) < 4.78 is 16.5. The third-order valence-electron chi connectivity index (χ3n) is 6.97. The number of halogens is 2. The van der Waals surface area contributed by atoms with Gasteiger partial charge in [0.2, 0.25) is 0 Å². The Hall–Kier alpha value is -1.78. The van der Waals surface area contributed by atoms with Crippen LogP contribution in [0.1, 0.15) is 43.8 Å². The molecule has 37 heavy (non-hydrogen) atoms. The molecule has 210 valence electrons. The largest absolute Gasteiger partial charge is 0.453 e. The fourth-order valence-corrected chi connectivity index (χ4v) is 5.14. The molecule has 2 aliphatic rings. The summed E-state index contributed by atoms with van der Waals surface area (Å²) in [4.78, 5) is 26.4. The van der Waals surface area contributed by atoms with E-state index in [1.807, 2.05) is 23.1 Å². The van der Waals surface area contributed by atoms with Gasteiger partial charge in [0.25, 0.3) is 0 Å². The average molecular weight is 562 g/mol. The van der Waals surface area contributed by atoms with Crippen LogP contribution in [0.4, 0.5) is 9.59 Å². The molecule has 0 saturated carbocycles. The molecule has 9 nitrogen and oxygen atoms in total. The van der Waals surface area contributed by atoms with E-state index in [9.17, 15) is 9.59 Å². The minimum Gasteiger partial charge on any atom is -0.453 e. The van der Waals surface area contributed by atoms with Crippen LogP contribution in [0, 0.1) is 17.8 Å². The van der Waals surface area contributed by atoms with Gasteiger partial charge in [0.05, 0.1) is 26.4 Å². The van der Waals surface area contributed by atoms with Crippen molar-refractivity contribution in [1.29, 1.82) is 0 Å². The summed E-state index contributed by atoms with van der Waals surface area (Å²) >= 11 is 6.17. The van der Waals surface area contributed by atoms with E-state index in [1.165, 1.54) is 13.5 Å². The van der Waals surface area contributed by atoms with Gasteiger partial charge in [0.1, 0.15) is 0 Å². The van der Waals surface area contributed by atoms with Crippen LogP contribution >= 0.6 is 24.0 Å². The summed E-state index contributed by atoms with van der Waals surface area (Å²) in [5.74, 6) is 0.987. The third kappa shape index (κ3) is 10.9. The van der Waals surface area contributed by atoms with Gasteiger partial charge in [-0.3, -0.25) is 0 Å². The first-order valence-corrected chi connectivity index (χ1v) is 13.4. The van der Waals surface area contributed by atoms with Crippen LogP contribution in [-0.2, 0) is 14.2 Å². The summed E-state index contributed by atoms with van der Waals surface area (Å²) in [5, 5.41) is 6.41. The minimum absolute atomic E-state index is 0. The molecule has 0 bridgehead atoms. The molecular formula is C26H42Cl2N4O5. The maximum absolute atomic E-state index is 12.9. The lowest BCUT2D eigenvalue weighted by molar-refractivity contribution is 0.0127. The lowest BCUT2D eigenvalue weighted by Crippen LogP contribution is -2.48. The number of hydrogen-bond donors (Lipinski definition) is 3. The topological polar surface area (TPSA) is 115 Å². The van der Waals surface area contributed by atoms with Crippen LogP contribution in [0.25, 0.3) is 0 Å². The summed E-state index contributed by atoms with van der Waals surface area (Å²) in [7, 11) is 1.33. The molecule has 11 heteroatoms. The zero-order valence-electron chi connectivity index (χ0n) is 21.7. The highest BCUT2D eigenvalue weighted by molar-refractivity contribution is 6.30. The molecule has 0 aliphatic carbocycles. The van der Waals surface area contributed by atoms with Crippen molar-refractivity contribution >= 4 is 36.1 Å². The number of rotatable bonds is 11. The first-order chi connectivity index (χ1) is 17.5. The lowest BCUT2D eigenvalue weighted by atomic mass is 9.90. The van der Waals surface area contributed by atoms with Crippen molar-refractivity contribution in [2.24, 2.45) is 23.5 Å². The second kappa shape index (κ2) is 16.9. The molecule has 0 spiro atoms. The first-order valence-electron chi connectivity index (χ1n) is 13.0. The zero-order chi connectivity index (χ0) is 25.8. The fraction of sp³-hybridized carbons (Fsp3) is 0.692. The number of methoxy groups -OCH3 is 1. The minimum atomic E-state index is -0.516. The van der Waals surface area contributed by atoms with Gasteiger partial charge in [-0.05, 0) is 68.2 Å². The van der Waals surface area contributed by atoms with E-state index >= 15 is 0 Å². The van der Waals surface area contributed by atoms with Gasteiger partial charge in [-0.1, -0.05) is 23.7 Å². The highest BCUT2D eigenvalue weighted by Crippen LogP contribution is 2.25. The maximum atomic E-state index is 12.9. The summed E-state index contributed by atoms with van der Waals surface area (Å²) in [5.41, 5.74) is 6.86. The van der Waals surface area contributed by atoms with Gasteiger partial charge in [-0.2, -0.15) is 0 Å². The number of likely N-dealkylation sites (tertiary alicyclic amines) is 1. The fourth-order valence-electron chi connectivity index (χ4n) is 4.94. The van der Waals surface area contributed by atoms with Crippen LogP contribution in [0.3, 0.4) is 0 Å². The predicted molar refractivity (Wildman–Crippen MR) is 146 cm³/mol. The van der Waals surface area contributed by atoms with E-state index in [-0.39, 0.29) is 42.9 Å². The number of nitrogens with one attached hydrogen (secondary N) is 2. The number of carbonyl (C=O) groups excluding carboxylic acids is 2. The highest BCUT2D eigenvalue weighted by atomic mass is 35.5. The number of carbonyl (C=O) groups is 2. The number of hydrogen-bond acceptors (Lipinski definition) is 6. The number of amides is 3. The number of nitrogens with two attached hydrogens (primary N) is 1. The van der Waals surface area contributed by atoms with Crippen molar-refractivity contribution in [3.63, 3.8) is 0 Å². The Kier molecular flexibility index (Phi) is 14.4. The van der Waals surface area contributed by atoms with Crippen LogP contribution in [-0.4, -0.2) is 76.7 Å². The molecule has 4 N–H and O–H groups in total. The van der Waals surface area contributed by atoms with Gasteiger partial charge in [0.15, 0.2) is 0 Å². The van der Waals surface area contributed by atoms with Crippen molar-refractivity contribution in [2.45, 2.75) is 38.2 Å². The molecule has 2 aliphatic heterocycles. The van der Waals surface area contributed by atoms with E-state index in [0.717, 1.165) is 51.0 Å². The molecule has 4 unspecified atom stereocenters. The van der Waals surface area contributed by atoms with Crippen molar-refractivity contribution in [3.8, 4) is 0 Å². The van der Waals surface area contributed by atoms with Gasteiger partial charge < -0.3 is 35.5 Å². The predicted octanol–water partition coefficient (Wildman–Crippen LogP) is 3.99. The average Bonchev–Trinajstić information content (AvgIpc) is 2.91. The monoisotopic (exact) mass is 560 g/mol. The van der Waals surface area contributed by atoms with Crippen LogP contribution in [0.15, 0.2) is 24.3 Å². The van der Waals surface area contributed by atoms with Gasteiger partial charge in [-0.25, -0.2) is 9.59 Å². The van der Waals surface area contributed by atoms with E-state index in [0.29, 0.717) is 37.2 Å². The number of alkyl carbamates (subject to hydrolysis) is 1. The Balaban J connectivity index is 0.00000481. The normalized spacial score (nSPS) is 21.3. The van der Waals surface area contributed by atoms with E-state index in [4.69, 9.17) is 26.8 Å². The van der Waals surface area contributed by atoms with E-state index in [2.05, 4.69) is 15.4 Å². The third-order valence-corrected chi connectivity index (χ3v) is 7.21. The van der Waals surface area contributed by atoms with Crippen molar-refractivity contribution in [2.75, 3.05) is 59.7 Å². The highest BCUT2D eigenvalue weighted by Gasteiger charge is 2.26. The Morgan fingerprint density at radius 1 is 1.22 bits per heavy atom. The van der Waals surface area contributed by atoms with E-state index in [1.54, 1.807) is 6.07 Å². The number of piperidine rings is 1. The van der Waals surface area contributed by atoms with Gasteiger partial charge in [0, 0.05) is 43.8 Å². The number of benzene rings is 1. The van der Waals surface area contributed by atoms with Crippen LogP contribution in [0.5, 0.6) is 0 Å². The van der Waals surface area contributed by atoms with Gasteiger partial charge in [-0.15, -0.1) is 12.4 Å². The standard InChI is InChI=1S/C26H41ClN4O5.ClH/c1-34-26(33)30-15-24(22-7-2-8-23(27)12-22)36-18-20-5-3-9-31(16-20)25(32)29-14-21(13-28)11-19-6-4-10-35-17-19;/h2,7-8,12,19-21,24H,3-6,9-11,13-18,28H2,1H3,(H,29,32)(H,30,33);1H. The molecule has 2 fully saturated rings. The summed E-state index contributed by atoms with van der Waals surface area (Å²) in [6.45, 7) is 4.87. The number of nitrogens with zero attached hydrogens (tertiary/aromatic N) is 1.